The fourth-order valence-corrected chi connectivity index (χ4v) is 0.201. The number of halogens is 1. The first-order chi connectivity index (χ1) is 3.27. The summed E-state index contributed by atoms with van der Waals surface area (Å²) in [5.74, 6) is 0. The summed E-state index contributed by atoms with van der Waals surface area (Å²) in [6.45, 7) is 5.98. The molecule has 0 atom stereocenters. The van der Waals surface area contributed by atoms with Gasteiger partial charge in [0.15, 0.2) is 0 Å². The molecule has 0 aromatic carbocycles. The van der Waals surface area contributed by atoms with Crippen LogP contribution in [0, 0.1) is 0 Å². The normalized spacial score (nSPS) is 10.0. The summed E-state index contributed by atoms with van der Waals surface area (Å²) in [7, 11) is 0. The molecule has 0 N–H and O–H groups in total. The van der Waals surface area contributed by atoms with Crippen molar-refractivity contribution < 1.29 is 0 Å². The first-order valence-corrected chi connectivity index (χ1v) is 2.23. The number of rotatable bonds is 2. The zero-order valence-corrected chi connectivity index (χ0v) is 4.94. The van der Waals surface area contributed by atoms with Gasteiger partial charge in [-0.15, -0.1) is 0 Å². The molecular weight excluding hydrogens is 112 g/mol. The summed E-state index contributed by atoms with van der Waals surface area (Å²) < 4.78 is 3.01. The van der Waals surface area contributed by atoms with Crippen LogP contribution in [0.2, 0.25) is 0 Å². The molecule has 2 nitrogen and oxygen atoms in total. The first kappa shape index (κ1) is 6.63. The highest BCUT2D eigenvalue weighted by molar-refractivity contribution is 6.13. The maximum absolute atomic E-state index is 4.86. The van der Waals surface area contributed by atoms with E-state index >= 15 is 0 Å². The SMILES string of the molecule is C=C(C)CN=NCl. The van der Waals surface area contributed by atoms with Gasteiger partial charge in [0.2, 0.25) is 0 Å². The third-order valence-corrected chi connectivity index (χ3v) is 0.501. The van der Waals surface area contributed by atoms with Gasteiger partial charge < -0.3 is 0 Å². The van der Waals surface area contributed by atoms with Crippen molar-refractivity contribution in [3.8, 4) is 0 Å². The topological polar surface area (TPSA) is 24.7 Å². The van der Waals surface area contributed by atoms with Gasteiger partial charge in [0.05, 0.1) is 18.3 Å². The van der Waals surface area contributed by atoms with Gasteiger partial charge in [-0.2, -0.15) is 5.11 Å². The third-order valence-electron chi connectivity index (χ3n) is 0.394. The Morgan fingerprint density at radius 2 is 2.43 bits per heavy atom. The van der Waals surface area contributed by atoms with Crippen LogP contribution >= 0.6 is 11.8 Å². The Kier molecular flexibility index (Phi) is 3.61. The average molecular weight is 119 g/mol. The van der Waals surface area contributed by atoms with E-state index < -0.39 is 0 Å². The van der Waals surface area contributed by atoms with Crippen molar-refractivity contribution in [2.24, 2.45) is 9.75 Å². The zero-order valence-electron chi connectivity index (χ0n) is 4.19. The predicted molar refractivity (Wildman–Crippen MR) is 30.4 cm³/mol. The fourth-order valence-electron chi connectivity index (χ4n) is 0.147. The lowest BCUT2D eigenvalue weighted by atomic mass is 10.4. The van der Waals surface area contributed by atoms with Crippen molar-refractivity contribution in [3.63, 3.8) is 0 Å². The molecule has 0 aliphatic rings. The Labute approximate surface area is 48.0 Å². The molecule has 0 unspecified atom stereocenters. The summed E-state index contributed by atoms with van der Waals surface area (Å²) in [5.41, 5.74) is 0.962. The molecule has 0 spiro atoms. The molecule has 0 saturated carbocycles. The zero-order chi connectivity index (χ0) is 5.70. The second-order valence-electron chi connectivity index (χ2n) is 1.33. The van der Waals surface area contributed by atoms with Crippen LogP contribution in [0.1, 0.15) is 6.92 Å². The van der Waals surface area contributed by atoms with E-state index in [2.05, 4.69) is 16.3 Å². The summed E-state index contributed by atoms with van der Waals surface area (Å²) in [6, 6.07) is 0. The van der Waals surface area contributed by atoms with Crippen LogP contribution in [0.25, 0.3) is 0 Å². The molecule has 3 heteroatoms. The van der Waals surface area contributed by atoms with Crippen molar-refractivity contribution in [2.75, 3.05) is 6.54 Å². The fraction of sp³-hybridized carbons (Fsp3) is 0.500. The minimum Gasteiger partial charge on any atom is -0.172 e. The van der Waals surface area contributed by atoms with E-state index in [1.807, 2.05) is 6.92 Å². The van der Waals surface area contributed by atoms with Crippen LogP contribution in [0.15, 0.2) is 21.9 Å². The minimum absolute atomic E-state index is 0.531. The molecule has 0 aliphatic carbocycles. The van der Waals surface area contributed by atoms with Crippen LogP contribution in [-0.4, -0.2) is 6.54 Å². The highest BCUT2D eigenvalue weighted by atomic mass is 35.5. The van der Waals surface area contributed by atoms with E-state index in [1.54, 1.807) is 0 Å². The second kappa shape index (κ2) is 3.81. The lowest BCUT2D eigenvalue weighted by molar-refractivity contribution is 1.06. The van der Waals surface area contributed by atoms with Crippen molar-refractivity contribution in [3.05, 3.63) is 12.2 Å². The molecule has 0 fully saturated rings. The van der Waals surface area contributed by atoms with Crippen LogP contribution in [0.3, 0.4) is 0 Å². The quantitative estimate of drug-likeness (QED) is 0.392. The van der Waals surface area contributed by atoms with E-state index in [-0.39, 0.29) is 0 Å². The van der Waals surface area contributed by atoms with Gasteiger partial charge in [-0.3, -0.25) is 0 Å². The number of hydrogen-bond donors (Lipinski definition) is 0. The van der Waals surface area contributed by atoms with Gasteiger partial charge in [-0.05, 0) is 6.92 Å². The van der Waals surface area contributed by atoms with Crippen LogP contribution in [0.4, 0.5) is 0 Å². The van der Waals surface area contributed by atoms with Crippen LogP contribution in [-0.2, 0) is 0 Å². The molecular formula is C4H7ClN2. The van der Waals surface area contributed by atoms with Gasteiger partial charge in [-0.25, -0.2) is 0 Å². The van der Waals surface area contributed by atoms with Gasteiger partial charge in [0.1, 0.15) is 0 Å². The van der Waals surface area contributed by atoms with E-state index in [4.69, 9.17) is 11.8 Å². The van der Waals surface area contributed by atoms with E-state index in [0.717, 1.165) is 5.57 Å². The van der Waals surface area contributed by atoms with Crippen molar-refractivity contribution in [2.45, 2.75) is 6.92 Å². The molecule has 0 heterocycles. The molecule has 0 saturated heterocycles. The molecule has 0 rings (SSSR count). The van der Waals surface area contributed by atoms with Gasteiger partial charge in [-0.1, -0.05) is 16.8 Å². The predicted octanol–water partition coefficient (Wildman–Crippen LogP) is 2.17. The maximum atomic E-state index is 4.86. The Balaban J connectivity index is 3.14. The smallest absolute Gasteiger partial charge is 0.0819 e. The molecule has 0 aliphatic heterocycles. The summed E-state index contributed by atoms with van der Waals surface area (Å²) in [5, 5.41) is 3.46. The molecule has 0 amide bonds. The second-order valence-corrected chi connectivity index (χ2v) is 1.48. The van der Waals surface area contributed by atoms with E-state index in [1.165, 1.54) is 0 Å². The van der Waals surface area contributed by atoms with E-state index in [0.29, 0.717) is 6.54 Å². The molecule has 7 heavy (non-hydrogen) atoms. The Bertz CT molecular complexity index is 87.7. The van der Waals surface area contributed by atoms with E-state index in [9.17, 15) is 0 Å². The van der Waals surface area contributed by atoms with Crippen LogP contribution < -0.4 is 0 Å². The highest BCUT2D eigenvalue weighted by Gasteiger charge is 1.76. The lowest BCUT2D eigenvalue weighted by Crippen LogP contribution is -1.74. The van der Waals surface area contributed by atoms with Crippen molar-refractivity contribution in [1.82, 2.24) is 0 Å². The largest absolute Gasteiger partial charge is 0.172 e. The maximum Gasteiger partial charge on any atom is 0.0819 e. The van der Waals surface area contributed by atoms with Crippen molar-refractivity contribution >= 4 is 11.8 Å². The Morgan fingerprint density at radius 1 is 1.86 bits per heavy atom. The summed E-state index contributed by atoms with van der Waals surface area (Å²) in [4.78, 5) is 0. The number of nitrogens with zero attached hydrogens (tertiary/aromatic N) is 2. The first-order valence-electron chi connectivity index (χ1n) is 1.89. The van der Waals surface area contributed by atoms with Gasteiger partial charge in [0.25, 0.3) is 0 Å². The van der Waals surface area contributed by atoms with Crippen molar-refractivity contribution in [1.29, 1.82) is 0 Å². The third kappa shape index (κ3) is 5.63. The summed E-state index contributed by atoms with van der Waals surface area (Å²) in [6.07, 6.45) is 0. The molecule has 0 bridgehead atoms. The average Bonchev–Trinajstić information content (AvgIpc) is 1.61. The molecule has 0 aromatic heterocycles. The highest BCUT2D eigenvalue weighted by Crippen LogP contribution is 1.88. The summed E-state index contributed by atoms with van der Waals surface area (Å²) >= 11 is 4.86. The Morgan fingerprint density at radius 3 is 2.57 bits per heavy atom. The molecule has 0 aromatic rings. The monoisotopic (exact) mass is 118 g/mol. The van der Waals surface area contributed by atoms with Gasteiger partial charge in [0, 0.05) is 0 Å². The lowest BCUT2D eigenvalue weighted by Gasteiger charge is -1.82. The minimum atomic E-state index is 0.531. The molecule has 0 radical (unpaired) electrons. The Hall–Kier alpha value is -0.370. The van der Waals surface area contributed by atoms with Crippen LogP contribution in [0.5, 0.6) is 0 Å². The number of hydrogen-bond acceptors (Lipinski definition) is 2. The standard InChI is InChI=1S/C4H7ClN2/c1-4(2)3-6-7-5/h1,3H2,2H3. The molecule has 40 valence electrons. The van der Waals surface area contributed by atoms with Gasteiger partial charge >= 0.3 is 0 Å².